The molecule has 4 heteroatoms. The third kappa shape index (κ3) is 3.44. The number of alkyl carbamates (subject to hydrolysis) is 1. The molecule has 1 aromatic carbocycles. The van der Waals surface area contributed by atoms with Gasteiger partial charge in [-0.1, -0.05) is 30.7 Å². The third-order valence-corrected chi connectivity index (χ3v) is 2.49. The predicted molar refractivity (Wildman–Crippen MR) is 60.1 cm³/mol. The van der Waals surface area contributed by atoms with Crippen LogP contribution in [-0.4, -0.2) is 13.2 Å². The van der Waals surface area contributed by atoms with Gasteiger partial charge in [-0.3, -0.25) is 0 Å². The third-order valence-electron chi connectivity index (χ3n) is 2.13. The summed E-state index contributed by atoms with van der Waals surface area (Å²) < 4.78 is 4.46. The van der Waals surface area contributed by atoms with Gasteiger partial charge in [-0.25, -0.2) is 4.79 Å². The van der Waals surface area contributed by atoms with Gasteiger partial charge in [-0.05, 0) is 23.6 Å². The number of ether oxygens (including phenoxy) is 1. The number of hydrogen-bond acceptors (Lipinski definition) is 2. The van der Waals surface area contributed by atoms with Crippen LogP contribution in [0.15, 0.2) is 18.2 Å². The first-order chi connectivity index (χ1) is 7.17. The SMILES string of the molecule is CCc1ccc(CNC(=O)OC)c(Cl)c1. The number of methoxy groups -OCH3 is 1. The van der Waals surface area contributed by atoms with Crippen molar-refractivity contribution in [2.24, 2.45) is 0 Å². The molecule has 0 saturated heterocycles. The monoisotopic (exact) mass is 227 g/mol. The highest BCUT2D eigenvalue weighted by atomic mass is 35.5. The average Bonchev–Trinajstić information content (AvgIpc) is 2.26. The van der Waals surface area contributed by atoms with E-state index in [1.165, 1.54) is 12.7 Å². The molecule has 0 heterocycles. The van der Waals surface area contributed by atoms with Crippen molar-refractivity contribution in [3.63, 3.8) is 0 Å². The zero-order chi connectivity index (χ0) is 11.3. The molecule has 82 valence electrons. The van der Waals surface area contributed by atoms with E-state index in [-0.39, 0.29) is 0 Å². The standard InChI is InChI=1S/C11H14ClNO2/c1-3-8-4-5-9(10(12)6-8)7-13-11(14)15-2/h4-6H,3,7H2,1-2H3,(H,13,14). The summed E-state index contributed by atoms with van der Waals surface area (Å²) in [6.45, 7) is 2.45. The highest BCUT2D eigenvalue weighted by Crippen LogP contribution is 2.18. The first-order valence-corrected chi connectivity index (χ1v) is 5.14. The van der Waals surface area contributed by atoms with Crippen molar-refractivity contribution in [1.29, 1.82) is 0 Å². The second-order valence-corrected chi connectivity index (χ2v) is 3.53. The first-order valence-electron chi connectivity index (χ1n) is 4.76. The zero-order valence-corrected chi connectivity index (χ0v) is 9.60. The van der Waals surface area contributed by atoms with Gasteiger partial charge in [0.25, 0.3) is 0 Å². The molecule has 0 aromatic heterocycles. The fourth-order valence-corrected chi connectivity index (χ4v) is 1.46. The van der Waals surface area contributed by atoms with Gasteiger partial charge in [0.1, 0.15) is 0 Å². The fourth-order valence-electron chi connectivity index (χ4n) is 1.19. The Kier molecular flexibility index (Phi) is 4.43. The molecule has 3 nitrogen and oxygen atoms in total. The fraction of sp³-hybridized carbons (Fsp3) is 0.364. The molecule has 0 radical (unpaired) electrons. The summed E-state index contributed by atoms with van der Waals surface area (Å²) in [7, 11) is 1.33. The smallest absolute Gasteiger partial charge is 0.407 e. The zero-order valence-electron chi connectivity index (χ0n) is 8.84. The Morgan fingerprint density at radius 1 is 1.53 bits per heavy atom. The van der Waals surface area contributed by atoms with Crippen molar-refractivity contribution in [2.75, 3.05) is 7.11 Å². The van der Waals surface area contributed by atoms with Gasteiger partial charge in [0.15, 0.2) is 0 Å². The number of aryl methyl sites for hydroxylation is 1. The van der Waals surface area contributed by atoms with Crippen LogP contribution in [0.5, 0.6) is 0 Å². The van der Waals surface area contributed by atoms with E-state index in [4.69, 9.17) is 11.6 Å². The summed E-state index contributed by atoms with van der Waals surface area (Å²) in [6, 6.07) is 5.83. The van der Waals surface area contributed by atoms with Crippen LogP contribution in [0.4, 0.5) is 4.79 Å². The number of halogens is 1. The van der Waals surface area contributed by atoms with Crippen LogP contribution in [0, 0.1) is 0 Å². The number of rotatable bonds is 3. The molecule has 0 fully saturated rings. The molecule has 15 heavy (non-hydrogen) atoms. The molecule has 0 spiro atoms. The molecular weight excluding hydrogens is 214 g/mol. The van der Waals surface area contributed by atoms with Gasteiger partial charge in [-0.2, -0.15) is 0 Å². The molecule has 1 amide bonds. The molecule has 1 N–H and O–H groups in total. The number of carbonyl (C=O) groups is 1. The lowest BCUT2D eigenvalue weighted by atomic mass is 10.1. The second-order valence-electron chi connectivity index (χ2n) is 3.12. The van der Waals surface area contributed by atoms with Crippen molar-refractivity contribution in [3.05, 3.63) is 34.3 Å². The predicted octanol–water partition coefficient (Wildman–Crippen LogP) is 2.76. The van der Waals surface area contributed by atoms with E-state index in [0.717, 1.165) is 12.0 Å². The average molecular weight is 228 g/mol. The Balaban J connectivity index is 2.66. The van der Waals surface area contributed by atoms with Crippen LogP contribution >= 0.6 is 11.6 Å². The lowest BCUT2D eigenvalue weighted by molar-refractivity contribution is 0.170. The minimum atomic E-state index is -0.453. The van der Waals surface area contributed by atoms with Crippen molar-refractivity contribution in [1.82, 2.24) is 5.32 Å². The molecule has 1 aromatic rings. The van der Waals surface area contributed by atoms with Crippen molar-refractivity contribution in [2.45, 2.75) is 19.9 Å². The Hall–Kier alpha value is -1.22. The summed E-state index contributed by atoms with van der Waals surface area (Å²) in [6.07, 6.45) is 0.496. The van der Waals surface area contributed by atoms with Crippen LogP contribution in [-0.2, 0) is 17.7 Å². The van der Waals surface area contributed by atoms with E-state index < -0.39 is 6.09 Å². The quantitative estimate of drug-likeness (QED) is 0.863. The van der Waals surface area contributed by atoms with E-state index >= 15 is 0 Å². The van der Waals surface area contributed by atoms with Crippen LogP contribution in [0.3, 0.4) is 0 Å². The van der Waals surface area contributed by atoms with E-state index in [9.17, 15) is 4.79 Å². The number of amides is 1. The van der Waals surface area contributed by atoms with E-state index in [1.807, 2.05) is 18.2 Å². The molecule has 0 aliphatic heterocycles. The van der Waals surface area contributed by atoms with Crippen LogP contribution in [0.2, 0.25) is 5.02 Å². The number of hydrogen-bond donors (Lipinski definition) is 1. The summed E-state index contributed by atoms with van der Waals surface area (Å²) in [5.41, 5.74) is 2.07. The minimum Gasteiger partial charge on any atom is -0.453 e. The van der Waals surface area contributed by atoms with E-state index in [1.54, 1.807) is 0 Å². The maximum absolute atomic E-state index is 10.8. The van der Waals surface area contributed by atoms with Gasteiger partial charge in [0, 0.05) is 11.6 Å². The van der Waals surface area contributed by atoms with Gasteiger partial charge in [0.2, 0.25) is 0 Å². The lowest BCUT2D eigenvalue weighted by Crippen LogP contribution is -2.22. The van der Waals surface area contributed by atoms with Crippen molar-refractivity contribution < 1.29 is 9.53 Å². The lowest BCUT2D eigenvalue weighted by Gasteiger charge is -2.07. The van der Waals surface area contributed by atoms with E-state index in [0.29, 0.717) is 11.6 Å². The normalized spacial score (nSPS) is 9.80. The summed E-state index contributed by atoms with van der Waals surface area (Å²) >= 11 is 6.04. The molecule has 0 bridgehead atoms. The van der Waals surface area contributed by atoms with E-state index in [2.05, 4.69) is 17.0 Å². The molecule has 0 aliphatic carbocycles. The first kappa shape index (κ1) is 11.9. The van der Waals surface area contributed by atoms with Gasteiger partial charge >= 0.3 is 6.09 Å². The minimum absolute atomic E-state index is 0.384. The Morgan fingerprint density at radius 2 is 2.27 bits per heavy atom. The maximum atomic E-state index is 10.8. The van der Waals surface area contributed by atoms with Crippen LogP contribution in [0.1, 0.15) is 18.1 Å². The van der Waals surface area contributed by atoms with Crippen LogP contribution in [0.25, 0.3) is 0 Å². The van der Waals surface area contributed by atoms with Crippen LogP contribution < -0.4 is 5.32 Å². The Bertz CT molecular complexity index is 352. The largest absolute Gasteiger partial charge is 0.453 e. The molecule has 0 atom stereocenters. The van der Waals surface area contributed by atoms with Crippen molar-refractivity contribution in [3.8, 4) is 0 Å². The maximum Gasteiger partial charge on any atom is 0.407 e. The summed E-state index contributed by atoms with van der Waals surface area (Å²) in [4.78, 5) is 10.8. The van der Waals surface area contributed by atoms with Gasteiger partial charge in [0.05, 0.1) is 7.11 Å². The highest BCUT2D eigenvalue weighted by molar-refractivity contribution is 6.31. The van der Waals surface area contributed by atoms with Crippen molar-refractivity contribution >= 4 is 17.7 Å². The summed E-state index contributed by atoms with van der Waals surface area (Å²) in [5.74, 6) is 0. The highest BCUT2D eigenvalue weighted by Gasteiger charge is 2.03. The number of carbonyl (C=O) groups excluding carboxylic acids is 1. The topological polar surface area (TPSA) is 38.3 Å². The molecule has 1 rings (SSSR count). The van der Waals surface area contributed by atoms with Gasteiger partial charge < -0.3 is 10.1 Å². The Labute approximate surface area is 94.4 Å². The number of benzene rings is 1. The molecule has 0 saturated carbocycles. The number of nitrogens with one attached hydrogen (secondary N) is 1. The molecule has 0 aliphatic rings. The Morgan fingerprint density at radius 3 is 2.80 bits per heavy atom. The summed E-state index contributed by atoms with van der Waals surface area (Å²) in [5, 5.41) is 3.25. The molecule has 0 unspecified atom stereocenters. The second kappa shape index (κ2) is 5.61. The van der Waals surface area contributed by atoms with Gasteiger partial charge in [-0.15, -0.1) is 0 Å². The molecular formula is C11H14ClNO2.